The molecule has 0 saturated heterocycles. The molecule has 4 nitrogen and oxygen atoms in total. The summed E-state index contributed by atoms with van der Waals surface area (Å²) in [4.78, 5) is 24.9. The van der Waals surface area contributed by atoms with Crippen molar-refractivity contribution >= 4 is 33.4 Å². The number of halogens is 1. The Hall–Kier alpha value is -2.14. The van der Waals surface area contributed by atoms with Crippen LogP contribution in [-0.4, -0.2) is 17.9 Å². The highest BCUT2D eigenvalue weighted by molar-refractivity contribution is 9.10. The van der Waals surface area contributed by atoms with Gasteiger partial charge in [-0.05, 0) is 55.7 Å². The fourth-order valence-electron chi connectivity index (χ4n) is 3.19. The van der Waals surface area contributed by atoms with Gasteiger partial charge in [-0.3, -0.25) is 9.59 Å². The van der Waals surface area contributed by atoms with Gasteiger partial charge >= 0.3 is 0 Å². The Morgan fingerprint density at radius 3 is 2.42 bits per heavy atom. The summed E-state index contributed by atoms with van der Waals surface area (Å²) in [6.45, 7) is 1.97. The number of benzene rings is 2. The molecule has 2 aromatic carbocycles. The molecule has 1 saturated carbocycles. The summed E-state index contributed by atoms with van der Waals surface area (Å²) in [5.74, 6) is -0.276. The van der Waals surface area contributed by atoms with Crippen LogP contribution in [0.15, 0.2) is 46.9 Å². The molecule has 0 aromatic heterocycles. The van der Waals surface area contributed by atoms with Gasteiger partial charge < -0.3 is 10.6 Å². The Morgan fingerprint density at radius 1 is 0.962 bits per heavy atom. The molecule has 1 fully saturated rings. The van der Waals surface area contributed by atoms with Crippen LogP contribution in [-0.2, 0) is 0 Å². The highest BCUT2D eigenvalue weighted by Crippen LogP contribution is 2.20. The Kier molecular flexibility index (Phi) is 6.09. The SMILES string of the molecule is Cc1ccc(C(=O)Nc2cccc(C(=O)NC3CCCCC3)c2)cc1Br. The van der Waals surface area contributed by atoms with E-state index in [-0.39, 0.29) is 17.9 Å². The van der Waals surface area contributed by atoms with Crippen LogP contribution in [0, 0.1) is 6.92 Å². The molecule has 0 atom stereocenters. The van der Waals surface area contributed by atoms with E-state index in [1.165, 1.54) is 19.3 Å². The molecule has 2 aromatic rings. The van der Waals surface area contributed by atoms with Crippen molar-refractivity contribution in [3.63, 3.8) is 0 Å². The predicted molar refractivity (Wildman–Crippen MR) is 108 cm³/mol. The van der Waals surface area contributed by atoms with Crippen LogP contribution in [0.5, 0.6) is 0 Å². The molecule has 5 heteroatoms. The number of anilines is 1. The maximum absolute atomic E-state index is 12.5. The number of carbonyl (C=O) groups excluding carboxylic acids is 2. The molecule has 3 rings (SSSR count). The summed E-state index contributed by atoms with van der Waals surface area (Å²) in [6, 6.07) is 12.8. The van der Waals surface area contributed by atoms with Crippen molar-refractivity contribution in [3.8, 4) is 0 Å². The lowest BCUT2D eigenvalue weighted by atomic mass is 9.95. The van der Waals surface area contributed by atoms with Gasteiger partial charge in [0.2, 0.25) is 0 Å². The maximum Gasteiger partial charge on any atom is 0.255 e. The molecular weight excluding hydrogens is 392 g/mol. The summed E-state index contributed by atoms with van der Waals surface area (Å²) in [6.07, 6.45) is 5.69. The van der Waals surface area contributed by atoms with Gasteiger partial charge in [0.1, 0.15) is 0 Å². The first-order valence-corrected chi connectivity index (χ1v) is 9.80. The zero-order valence-electron chi connectivity index (χ0n) is 14.8. The van der Waals surface area contributed by atoms with Crippen molar-refractivity contribution in [2.45, 2.75) is 45.1 Å². The van der Waals surface area contributed by atoms with Crippen LogP contribution < -0.4 is 10.6 Å². The van der Waals surface area contributed by atoms with Crippen molar-refractivity contribution in [1.82, 2.24) is 5.32 Å². The van der Waals surface area contributed by atoms with Crippen molar-refractivity contribution in [3.05, 3.63) is 63.6 Å². The van der Waals surface area contributed by atoms with E-state index in [1.54, 1.807) is 36.4 Å². The summed E-state index contributed by atoms with van der Waals surface area (Å²) in [5.41, 5.74) is 2.82. The van der Waals surface area contributed by atoms with E-state index in [0.717, 1.165) is 22.9 Å². The van der Waals surface area contributed by atoms with Gasteiger partial charge in [0.25, 0.3) is 11.8 Å². The number of nitrogens with one attached hydrogen (secondary N) is 2. The minimum Gasteiger partial charge on any atom is -0.349 e. The highest BCUT2D eigenvalue weighted by Gasteiger charge is 2.17. The minimum absolute atomic E-state index is 0.0777. The van der Waals surface area contributed by atoms with Crippen LogP contribution >= 0.6 is 15.9 Å². The molecule has 136 valence electrons. The summed E-state index contributed by atoms with van der Waals surface area (Å²) in [7, 11) is 0. The second kappa shape index (κ2) is 8.49. The van der Waals surface area contributed by atoms with Gasteiger partial charge in [0.05, 0.1) is 0 Å². The van der Waals surface area contributed by atoms with E-state index in [9.17, 15) is 9.59 Å². The van der Waals surface area contributed by atoms with E-state index < -0.39 is 0 Å². The Labute approximate surface area is 162 Å². The Balaban J connectivity index is 1.67. The number of rotatable bonds is 4. The molecule has 1 aliphatic carbocycles. The average molecular weight is 415 g/mol. The van der Waals surface area contributed by atoms with E-state index >= 15 is 0 Å². The average Bonchev–Trinajstić information content (AvgIpc) is 2.65. The first kappa shape index (κ1) is 18.6. The Bertz CT molecular complexity index is 813. The maximum atomic E-state index is 12.5. The zero-order chi connectivity index (χ0) is 18.5. The van der Waals surface area contributed by atoms with E-state index in [1.807, 2.05) is 13.0 Å². The monoisotopic (exact) mass is 414 g/mol. The van der Waals surface area contributed by atoms with Crippen LogP contribution in [0.4, 0.5) is 5.69 Å². The molecule has 0 aliphatic heterocycles. The smallest absolute Gasteiger partial charge is 0.255 e. The predicted octanol–water partition coefficient (Wildman–Crippen LogP) is 5.07. The molecule has 0 radical (unpaired) electrons. The minimum atomic E-state index is -0.199. The van der Waals surface area contributed by atoms with Crippen molar-refractivity contribution < 1.29 is 9.59 Å². The summed E-state index contributed by atoms with van der Waals surface area (Å²) in [5, 5.41) is 5.97. The third kappa shape index (κ3) is 4.73. The van der Waals surface area contributed by atoms with Gasteiger partial charge in [-0.1, -0.05) is 47.3 Å². The van der Waals surface area contributed by atoms with Crippen molar-refractivity contribution in [2.24, 2.45) is 0 Å². The number of hydrogen-bond donors (Lipinski definition) is 2. The molecule has 0 unspecified atom stereocenters. The highest BCUT2D eigenvalue weighted by atomic mass is 79.9. The third-order valence-electron chi connectivity index (χ3n) is 4.76. The topological polar surface area (TPSA) is 58.2 Å². The lowest BCUT2D eigenvalue weighted by Crippen LogP contribution is -2.36. The van der Waals surface area contributed by atoms with E-state index in [2.05, 4.69) is 26.6 Å². The first-order chi connectivity index (χ1) is 12.5. The standard InChI is InChI=1S/C21H23BrN2O2/c1-14-10-11-16(13-19(14)22)21(26)24-18-9-5-6-15(12-18)20(25)23-17-7-3-2-4-8-17/h5-6,9-13,17H,2-4,7-8H2,1H3,(H,23,25)(H,24,26). The van der Waals surface area contributed by atoms with Gasteiger partial charge in [-0.2, -0.15) is 0 Å². The second-order valence-corrected chi connectivity index (χ2v) is 7.66. The number of hydrogen-bond acceptors (Lipinski definition) is 2. The molecular formula is C21H23BrN2O2. The van der Waals surface area contributed by atoms with Crippen molar-refractivity contribution in [2.75, 3.05) is 5.32 Å². The van der Waals surface area contributed by atoms with Gasteiger partial charge in [0.15, 0.2) is 0 Å². The van der Waals surface area contributed by atoms with Crippen LogP contribution in [0.2, 0.25) is 0 Å². The fourth-order valence-corrected chi connectivity index (χ4v) is 3.57. The van der Waals surface area contributed by atoms with Gasteiger partial charge in [-0.25, -0.2) is 0 Å². The molecule has 0 spiro atoms. The fraction of sp³-hybridized carbons (Fsp3) is 0.333. The molecule has 26 heavy (non-hydrogen) atoms. The lowest BCUT2D eigenvalue weighted by molar-refractivity contribution is 0.0926. The zero-order valence-corrected chi connectivity index (χ0v) is 16.4. The molecule has 2 N–H and O–H groups in total. The van der Waals surface area contributed by atoms with Crippen LogP contribution in [0.25, 0.3) is 0 Å². The van der Waals surface area contributed by atoms with Crippen LogP contribution in [0.3, 0.4) is 0 Å². The Morgan fingerprint density at radius 2 is 1.69 bits per heavy atom. The third-order valence-corrected chi connectivity index (χ3v) is 5.61. The van der Waals surface area contributed by atoms with Gasteiger partial charge in [-0.15, -0.1) is 0 Å². The number of aryl methyl sites for hydroxylation is 1. The molecule has 1 aliphatic rings. The van der Waals surface area contributed by atoms with E-state index in [0.29, 0.717) is 16.8 Å². The molecule has 0 bridgehead atoms. The number of carbonyl (C=O) groups is 2. The normalized spacial score (nSPS) is 14.7. The van der Waals surface area contributed by atoms with Crippen molar-refractivity contribution in [1.29, 1.82) is 0 Å². The first-order valence-electron chi connectivity index (χ1n) is 9.01. The largest absolute Gasteiger partial charge is 0.349 e. The lowest BCUT2D eigenvalue weighted by Gasteiger charge is -2.22. The summed E-state index contributed by atoms with van der Waals surface area (Å²) < 4.78 is 0.894. The summed E-state index contributed by atoms with van der Waals surface area (Å²) >= 11 is 3.44. The second-order valence-electron chi connectivity index (χ2n) is 6.81. The quantitative estimate of drug-likeness (QED) is 0.733. The number of amides is 2. The van der Waals surface area contributed by atoms with E-state index in [4.69, 9.17) is 0 Å². The van der Waals surface area contributed by atoms with Gasteiger partial charge in [0, 0.05) is 27.3 Å². The molecule has 0 heterocycles. The van der Waals surface area contributed by atoms with Crippen LogP contribution in [0.1, 0.15) is 58.4 Å². The molecule has 2 amide bonds.